The minimum Gasteiger partial charge on any atom is -0.456 e. The van der Waals surface area contributed by atoms with Crippen molar-refractivity contribution in [3.63, 3.8) is 0 Å². The van der Waals surface area contributed by atoms with Gasteiger partial charge in [0.05, 0.1) is 11.9 Å². The van der Waals surface area contributed by atoms with E-state index in [9.17, 15) is 0 Å². The van der Waals surface area contributed by atoms with Crippen LogP contribution in [0.15, 0.2) is 41.3 Å². The average molecular weight is 294 g/mol. The standard InChI is InChI=1S/C12H12BrN3O/c1-14-7-10-5-11(2-3-16-10)17-12-4-9(13)6-15-8-12/h2-6,8,14H,7H2,1H3. The first-order valence-corrected chi connectivity index (χ1v) is 5.95. The van der Waals surface area contributed by atoms with Crippen LogP contribution in [0.1, 0.15) is 5.69 Å². The van der Waals surface area contributed by atoms with Gasteiger partial charge in [0, 0.05) is 29.5 Å². The molecule has 0 unspecified atom stereocenters. The van der Waals surface area contributed by atoms with E-state index in [-0.39, 0.29) is 0 Å². The number of nitrogens with one attached hydrogen (secondary N) is 1. The summed E-state index contributed by atoms with van der Waals surface area (Å²) in [6.45, 7) is 0.716. The van der Waals surface area contributed by atoms with Crippen LogP contribution < -0.4 is 10.1 Å². The van der Waals surface area contributed by atoms with Crippen molar-refractivity contribution >= 4 is 15.9 Å². The van der Waals surface area contributed by atoms with Crippen molar-refractivity contribution in [1.29, 1.82) is 0 Å². The third-order valence-electron chi connectivity index (χ3n) is 2.06. The van der Waals surface area contributed by atoms with Crippen LogP contribution in [0.5, 0.6) is 11.5 Å². The van der Waals surface area contributed by atoms with Gasteiger partial charge < -0.3 is 10.1 Å². The molecule has 2 heterocycles. The largest absolute Gasteiger partial charge is 0.456 e. The first-order valence-electron chi connectivity index (χ1n) is 5.16. The van der Waals surface area contributed by atoms with Crippen molar-refractivity contribution in [2.24, 2.45) is 0 Å². The fourth-order valence-electron chi connectivity index (χ4n) is 1.38. The number of hydrogen-bond acceptors (Lipinski definition) is 4. The molecule has 0 saturated heterocycles. The van der Waals surface area contributed by atoms with Gasteiger partial charge in [-0.15, -0.1) is 0 Å². The summed E-state index contributed by atoms with van der Waals surface area (Å²) in [7, 11) is 1.88. The number of halogens is 1. The highest BCUT2D eigenvalue weighted by atomic mass is 79.9. The second kappa shape index (κ2) is 5.75. The molecule has 2 rings (SSSR count). The first-order chi connectivity index (χ1) is 8.28. The molecule has 0 bridgehead atoms. The molecule has 0 aliphatic rings. The van der Waals surface area contributed by atoms with Crippen molar-refractivity contribution in [2.75, 3.05) is 7.05 Å². The van der Waals surface area contributed by atoms with E-state index in [2.05, 4.69) is 31.2 Å². The molecule has 1 N–H and O–H groups in total. The minimum absolute atomic E-state index is 0.695. The van der Waals surface area contributed by atoms with E-state index < -0.39 is 0 Å². The van der Waals surface area contributed by atoms with E-state index in [0.29, 0.717) is 12.3 Å². The number of nitrogens with zero attached hydrogens (tertiary/aromatic N) is 2. The molecule has 0 aliphatic carbocycles. The van der Waals surface area contributed by atoms with E-state index in [1.807, 2.05) is 25.2 Å². The van der Waals surface area contributed by atoms with Gasteiger partial charge in [-0.3, -0.25) is 9.97 Å². The first kappa shape index (κ1) is 12.0. The lowest BCUT2D eigenvalue weighted by atomic mass is 10.3. The van der Waals surface area contributed by atoms with E-state index in [4.69, 9.17) is 4.74 Å². The van der Waals surface area contributed by atoms with Gasteiger partial charge in [-0.2, -0.15) is 0 Å². The number of rotatable bonds is 4. The Balaban J connectivity index is 2.15. The Kier molecular flexibility index (Phi) is 4.06. The number of ether oxygens (including phenoxy) is 1. The molecule has 0 saturated carbocycles. The molecule has 2 aromatic heterocycles. The van der Waals surface area contributed by atoms with Crippen LogP contribution in [0.25, 0.3) is 0 Å². The van der Waals surface area contributed by atoms with Gasteiger partial charge in [-0.25, -0.2) is 0 Å². The SMILES string of the molecule is CNCc1cc(Oc2cncc(Br)c2)ccn1. The van der Waals surface area contributed by atoms with E-state index >= 15 is 0 Å². The van der Waals surface area contributed by atoms with Gasteiger partial charge in [0.1, 0.15) is 11.5 Å². The highest BCUT2D eigenvalue weighted by Crippen LogP contribution is 2.23. The van der Waals surface area contributed by atoms with Crippen LogP contribution in [0.2, 0.25) is 0 Å². The Morgan fingerprint density at radius 2 is 2.18 bits per heavy atom. The van der Waals surface area contributed by atoms with E-state index in [1.165, 1.54) is 0 Å². The molecule has 5 heteroatoms. The summed E-state index contributed by atoms with van der Waals surface area (Å²) in [5.41, 5.74) is 0.938. The summed E-state index contributed by atoms with van der Waals surface area (Å²) in [6, 6.07) is 5.59. The monoisotopic (exact) mass is 293 g/mol. The maximum Gasteiger partial charge on any atom is 0.146 e. The molecular formula is C12H12BrN3O. The number of aromatic nitrogens is 2. The molecule has 4 nitrogen and oxygen atoms in total. The molecule has 0 atom stereocenters. The van der Waals surface area contributed by atoms with Gasteiger partial charge >= 0.3 is 0 Å². The van der Waals surface area contributed by atoms with Gasteiger partial charge in [-0.05, 0) is 35.1 Å². The summed E-state index contributed by atoms with van der Waals surface area (Å²) in [5, 5.41) is 3.05. The Morgan fingerprint density at radius 3 is 2.94 bits per heavy atom. The molecule has 88 valence electrons. The quantitative estimate of drug-likeness (QED) is 0.942. The summed E-state index contributed by atoms with van der Waals surface area (Å²) in [4.78, 5) is 8.26. The lowest BCUT2D eigenvalue weighted by molar-refractivity contribution is 0.478. The van der Waals surface area contributed by atoms with Gasteiger partial charge in [-0.1, -0.05) is 0 Å². The average Bonchev–Trinajstić information content (AvgIpc) is 2.30. The smallest absolute Gasteiger partial charge is 0.146 e. The molecule has 0 aromatic carbocycles. The zero-order chi connectivity index (χ0) is 12.1. The lowest BCUT2D eigenvalue weighted by Gasteiger charge is -2.06. The van der Waals surface area contributed by atoms with Crippen LogP contribution in [0.4, 0.5) is 0 Å². The summed E-state index contributed by atoms with van der Waals surface area (Å²) < 4.78 is 6.57. The molecular weight excluding hydrogens is 282 g/mol. The predicted octanol–water partition coefficient (Wildman–Crippen LogP) is 2.75. The molecule has 0 aliphatic heterocycles. The van der Waals surface area contributed by atoms with Crippen LogP contribution in [0.3, 0.4) is 0 Å². The van der Waals surface area contributed by atoms with Gasteiger partial charge in [0.2, 0.25) is 0 Å². The molecule has 0 amide bonds. The topological polar surface area (TPSA) is 47.0 Å². The predicted molar refractivity (Wildman–Crippen MR) is 69.0 cm³/mol. The van der Waals surface area contributed by atoms with Crippen LogP contribution >= 0.6 is 15.9 Å². The summed E-state index contributed by atoms with van der Waals surface area (Å²) >= 11 is 3.35. The van der Waals surface area contributed by atoms with Crippen molar-refractivity contribution < 1.29 is 4.74 Å². The third kappa shape index (κ3) is 3.51. The Bertz CT molecular complexity index is 505. The molecule has 2 aromatic rings. The van der Waals surface area contributed by atoms with Crippen molar-refractivity contribution in [3.05, 3.63) is 47.0 Å². The number of pyridine rings is 2. The second-order valence-electron chi connectivity index (χ2n) is 3.45. The van der Waals surface area contributed by atoms with E-state index in [1.54, 1.807) is 18.6 Å². The molecule has 0 fully saturated rings. The molecule has 17 heavy (non-hydrogen) atoms. The van der Waals surface area contributed by atoms with E-state index in [0.717, 1.165) is 15.9 Å². The van der Waals surface area contributed by atoms with Crippen LogP contribution in [-0.2, 0) is 6.54 Å². The minimum atomic E-state index is 0.695. The maximum atomic E-state index is 5.69. The van der Waals surface area contributed by atoms with Gasteiger partial charge in [0.15, 0.2) is 0 Å². The van der Waals surface area contributed by atoms with Gasteiger partial charge in [0.25, 0.3) is 0 Å². The van der Waals surface area contributed by atoms with Crippen molar-refractivity contribution in [1.82, 2.24) is 15.3 Å². The molecule has 0 spiro atoms. The van der Waals surface area contributed by atoms with Crippen molar-refractivity contribution in [2.45, 2.75) is 6.54 Å². The van der Waals surface area contributed by atoms with Crippen LogP contribution in [0, 0.1) is 0 Å². The maximum absolute atomic E-state index is 5.69. The lowest BCUT2D eigenvalue weighted by Crippen LogP contribution is -2.06. The zero-order valence-corrected chi connectivity index (χ0v) is 10.9. The fraction of sp³-hybridized carbons (Fsp3) is 0.167. The Morgan fingerprint density at radius 1 is 1.29 bits per heavy atom. The molecule has 0 radical (unpaired) electrons. The fourth-order valence-corrected chi connectivity index (χ4v) is 1.73. The van der Waals surface area contributed by atoms with Crippen LogP contribution in [-0.4, -0.2) is 17.0 Å². The van der Waals surface area contributed by atoms with Crippen molar-refractivity contribution in [3.8, 4) is 11.5 Å². The highest BCUT2D eigenvalue weighted by molar-refractivity contribution is 9.10. The second-order valence-corrected chi connectivity index (χ2v) is 4.37. The Hall–Kier alpha value is -1.46. The Labute approximate surface area is 108 Å². The highest BCUT2D eigenvalue weighted by Gasteiger charge is 2.00. The zero-order valence-electron chi connectivity index (χ0n) is 9.35. The summed E-state index contributed by atoms with van der Waals surface area (Å²) in [5.74, 6) is 1.45. The third-order valence-corrected chi connectivity index (χ3v) is 2.50. The number of hydrogen-bond donors (Lipinski definition) is 1. The normalized spacial score (nSPS) is 10.2. The summed E-state index contributed by atoms with van der Waals surface area (Å²) in [6.07, 6.45) is 5.11.